The SMILES string of the molecule is Cc1nc2ccccc2n1CCNC(=O)CNC(=O)c1ccc(C(C)(C)C)cc1. The van der Waals surface area contributed by atoms with Crippen molar-refractivity contribution in [3.05, 3.63) is 65.5 Å². The molecule has 0 aliphatic heterocycles. The van der Waals surface area contributed by atoms with Gasteiger partial charge in [-0.15, -0.1) is 0 Å². The van der Waals surface area contributed by atoms with Gasteiger partial charge in [0.25, 0.3) is 5.91 Å². The molecule has 2 amide bonds. The monoisotopic (exact) mass is 392 g/mol. The van der Waals surface area contributed by atoms with Gasteiger partial charge in [0, 0.05) is 18.7 Å². The molecular formula is C23H28N4O2. The Labute approximate surface area is 171 Å². The van der Waals surface area contributed by atoms with E-state index in [1.54, 1.807) is 12.1 Å². The number of nitrogens with zero attached hydrogens (tertiary/aromatic N) is 2. The number of amides is 2. The van der Waals surface area contributed by atoms with Gasteiger partial charge >= 0.3 is 0 Å². The fourth-order valence-electron chi connectivity index (χ4n) is 3.23. The van der Waals surface area contributed by atoms with E-state index in [2.05, 4.69) is 41.0 Å². The summed E-state index contributed by atoms with van der Waals surface area (Å²) in [7, 11) is 0. The molecule has 0 aliphatic carbocycles. The molecule has 2 N–H and O–H groups in total. The Balaban J connectivity index is 1.47. The van der Waals surface area contributed by atoms with Gasteiger partial charge in [0.15, 0.2) is 0 Å². The van der Waals surface area contributed by atoms with Crippen molar-refractivity contribution >= 4 is 22.8 Å². The van der Waals surface area contributed by atoms with Crippen LogP contribution in [0.15, 0.2) is 48.5 Å². The molecule has 1 aromatic heterocycles. The second-order valence-electron chi connectivity index (χ2n) is 8.16. The number of carbonyl (C=O) groups excluding carboxylic acids is 2. The molecule has 29 heavy (non-hydrogen) atoms. The second kappa shape index (κ2) is 8.47. The minimum atomic E-state index is -0.253. The zero-order chi connectivity index (χ0) is 21.0. The fourth-order valence-corrected chi connectivity index (χ4v) is 3.23. The topological polar surface area (TPSA) is 76.0 Å². The van der Waals surface area contributed by atoms with Gasteiger partial charge < -0.3 is 15.2 Å². The number of hydrogen-bond acceptors (Lipinski definition) is 3. The number of aromatic nitrogens is 2. The molecule has 0 saturated carbocycles. The molecule has 3 rings (SSSR count). The Morgan fingerprint density at radius 2 is 1.69 bits per heavy atom. The lowest BCUT2D eigenvalue weighted by atomic mass is 9.87. The summed E-state index contributed by atoms with van der Waals surface area (Å²) in [5.41, 5.74) is 3.74. The van der Waals surface area contributed by atoms with Crippen LogP contribution in [-0.2, 0) is 16.8 Å². The van der Waals surface area contributed by atoms with E-state index in [1.807, 2.05) is 43.3 Å². The molecule has 0 unspecified atom stereocenters. The number of rotatable bonds is 6. The Morgan fingerprint density at radius 1 is 1.00 bits per heavy atom. The predicted octanol–water partition coefficient (Wildman–Crippen LogP) is 3.19. The van der Waals surface area contributed by atoms with Crippen LogP contribution in [0.25, 0.3) is 11.0 Å². The van der Waals surface area contributed by atoms with Crippen LogP contribution in [0.4, 0.5) is 0 Å². The van der Waals surface area contributed by atoms with Crippen LogP contribution in [-0.4, -0.2) is 34.5 Å². The molecule has 1 heterocycles. The van der Waals surface area contributed by atoms with Gasteiger partial charge in [-0.05, 0) is 42.2 Å². The summed E-state index contributed by atoms with van der Waals surface area (Å²) in [5.74, 6) is 0.441. The highest BCUT2D eigenvalue weighted by atomic mass is 16.2. The van der Waals surface area contributed by atoms with Gasteiger partial charge in [-0.3, -0.25) is 9.59 Å². The Kier molecular flexibility index (Phi) is 6.01. The van der Waals surface area contributed by atoms with Crippen molar-refractivity contribution in [3.8, 4) is 0 Å². The van der Waals surface area contributed by atoms with E-state index in [4.69, 9.17) is 0 Å². The molecule has 6 nitrogen and oxygen atoms in total. The van der Waals surface area contributed by atoms with E-state index in [0.29, 0.717) is 18.7 Å². The summed E-state index contributed by atoms with van der Waals surface area (Å²) in [6.07, 6.45) is 0. The fraction of sp³-hybridized carbons (Fsp3) is 0.348. The maximum atomic E-state index is 12.3. The number of aryl methyl sites for hydroxylation is 1. The number of para-hydroxylation sites is 2. The average Bonchev–Trinajstić information content (AvgIpc) is 3.01. The lowest BCUT2D eigenvalue weighted by molar-refractivity contribution is -0.120. The molecule has 0 fully saturated rings. The Bertz CT molecular complexity index is 1010. The van der Waals surface area contributed by atoms with Crippen molar-refractivity contribution in [2.24, 2.45) is 0 Å². The molecule has 0 aliphatic rings. The van der Waals surface area contributed by atoms with Gasteiger partial charge in [-0.25, -0.2) is 4.98 Å². The Morgan fingerprint density at radius 3 is 2.38 bits per heavy atom. The first kappa shape index (κ1) is 20.6. The first-order valence-electron chi connectivity index (χ1n) is 9.83. The first-order chi connectivity index (χ1) is 13.8. The number of carbonyl (C=O) groups is 2. The van der Waals surface area contributed by atoms with E-state index in [9.17, 15) is 9.59 Å². The van der Waals surface area contributed by atoms with Crippen LogP contribution >= 0.6 is 0 Å². The number of hydrogen-bond donors (Lipinski definition) is 2. The summed E-state index contributed by atoms with van der Waals surface area (Å²) in [6, 6.07) is 15.4. The highest BCUT2D eigenvalue weighted by Gasteiger charge is 2.14. The normalized spacial score (nSPS) is 11.4. The zero-order valence-corrected chi connectivity index (χ0v) is 17.5. The molecule has 2 aromatic carbocycles. The number of fused-ring (bicyclic) bond motifs is 1. The van der Waals surface area contributed by atoms with Crippen LogP contribution in [0.3, 0.4) is 0 Å². The predicted molar refractivity (Wildman–Crippen MR) is 115 cm³/mol. The van der Waals surface area contributed by atoms with Crippen molar-refractivity contribution in [1.29, 1.82) is 0 Å². The Hall–Kier alpha value is -3.15. The number of imidazole rings is 1. The van der Waals surface area contributed by atoms with Gasteiger partial charge in [-0.1, -0.05) is 45.0 Å². The standard InChI is InChI=1S/C23H28N4O2/c1-16-26-19-7-5-6-8-20(19)27(16)14-13-24-21(28)15-25-22(29)17-9-11-18(12-10-17)23(2,3)4/h5-12H,13-15H2,1-4H3,(H,24,28)(H,25,29). The average molecular weight is 393 g/mol. The third-order valence-electron chi connectivity index (χ3n) is 4.93. The number of benzene rings is 2. The van der Waals surface area contributed by atoms with Gasteiger partial charge in [0.05, 0.1) is 17.6 Å². The van der Waals surface area contributed by atoms with E-state index in [-0.39, 0.29) is 23.8 Å². The first-order valence-corrected chi connectivity index (χ1v) is 9.83. The van der Waals surface area contributed by atoms with E-state index in [1.165, 1.54) is 0 Å². The molecular weight excluding hydrogens is 364 g/mol. The van der Waals surface area contributed by atoms with Crippen molar-refractivity contribution in [1.82, 2.24) is 20.2 Å². The molecule has 152 valence electrons. The highest BCUT2D eigenvalue weighted by Crippen LogP contribution is 2.22. The van der Waals surface area contributed by atoms with Gasteiger partial charge in [0.2, 0.25) is 5.91 Å². The summed E-state index contributed by atoms with van der Waals surface area (Å²) in [6.45, 7) is 9.37. The third-order valence-corrected chi connectivity index (χ3v) is 4.93. The molecule has 0 atom stereocenters. The minimum absolute atomic E-state index is 0.0355. The highest BCUT2D eigenvalue weighted by molar-refractivity contribution is 5.96. The quantitative estimate of drug-likeness (QED) is 0.676. The van der Waals surface area contributed by atoms with Crippen LogP contribution in [0.2, 0.25) is 0 Å². The maximum absolute atomic E-state index is 12.3. The molecule has 3 aromatic rings. The summed E-state index contributed by atoms with van der Waals surface area (Å²) in [4.78, 5) is 28.9. The third kappa shape index (κ3) is 5.02. The van der Waals surface area contributed by atoms with Crippen LogP contribution in [0.5, 0.6) is 0 Å². The van der Waals surface area contributed by atoms with Crippen molar-refractivity contribution in [3.63, 3.8) is 0 Å². The second-order valence-corrected chi connectivity index (χ2v) is 8.16. The largest absolute Gasteiger partial charge is 0.353 e. The lowest BCUT2D eigenvalue weighted by Crippen LogP contribution is -2.38. The van der Waals surface area contributed by atoms with Gasteiger partial charge in [-0.2, -0.15) is 0 Å². The maximum Gasteiger partial charge on any atom is 0.251 e. The molecule has 0 radical (unpaired) electrons. The summed E-state index contributed by atoms with van der Waals surface area (Å²) < 4.78 is 2.07. The van der Waals surface area contributed by atoms with Crippen LogP contribution in [0, 0.1) is 6.92 Å². The summed E-state index contributed by atoms with van der Waals surface area (Å²) in [5, 5.41) is 5.52. The number of nitrogens with one attached hydrogen (secondary N) is 2. The van der Waals surface area contributed by atoms with Crippen molar-refractivity contribution in [2.45, 2.75) is 39.7 Å². The smallest absolute Gasteiger partial charge is 0.251 e. The van der Waals surface area contributed by atoms with Crippen LogP contribution in [0.1, 0.15) is 42.5 Å². The van der Waals surface area contributed by atoms with E-state index < -0.39 is 0 Å². The van der Waals surface area contributed by atoms with Crippen LogP contribution < -0.4 is 10.6 Å². The minimum Gasteiger partial charge on any atom is -0.353 e. The van der Waals surface area contributed by atoms with E-state index in [0.717, 1.165) is 22.4 Å². The lowest BCUT2D eigenvalue weighted by Gasteiger charge is -2.19. The van der Waals surface area contributed by atoms with Gasteiger partial charge in [0.1, 0.15) is 5.82 Å². The van der Waals surface area contributed by atoms with E-state index >= 15 is 0 Å². The summed E-state index contributed by atoms with van der Waals surface area (Å²) >= 11 is 0. The van der Waals surface area contributed by atoms with Crippen molar-refractivity contribution < 1.29 is 9.59 Å². The molecule has 0 spiro atoms. The molecule has 6 heteroatoms. The molecule has 0 saturated heterocycles. The zero-order valence-electron chi connectivity index (χ0n) is 17.5. The van der Waals surface area contributed by atoms with Crippen molar-refractivity contribution in [2.75, 3.05) is 13.1 Å². The molecule has 0 bridgehead atoms.